The highest BCUT2D eigenvalue weighted by molar-refractivity contribution is 6.31. The Morgan fingerprint density at radius 3 is 2.35 bits per heavy atom. The number of hydrogen-bond donors (Lipinski definition) is 1. The molecule has 1 atom stereocenters. The van der Waals surface area contributed by atoms with Crippen molar-refractivity contribution in [1.82, 2.24) is 5.32 Å². The monoisotopic (exact) mass is 257 g/mol. The van der Waals surface area contributed by atoms with Gasteiger partial charge in [0.05, 0.1) is 14.2 Å². The SMILES string of the molecule is CCCNC(C)c1cc(OC)c(OC)cc1Cl. The average Bonchev–Trinajstić information content (AvgIpc) is 2.35. The highest BCUT2D eigenvalue weighted by atomic mass is 35.5. The first kappa shape index (κ1) is 14.1. The molecule has 4 heteroatoms. The summed E-state index contributed by atoms with van der Waals surface area (Å²) in [6.45, 7) is 5.19. The lowest BCUT2D eigenvalue weighted by atomic mass is 10.1. The van der Waals surface area contributed by atoms with E-state index in [1.807, 2.05) is 6.07 Å². The van der Waals surface area contributed by atoms with Crippen LogP contribution in [0.5, 0.6) is 11.5 Å². The van der Waals surface area contributed by atoms with Crippen molar-refractivity contribution in [2.45, 2.75) is 26.3 Å². The molecule has 0 fully saturated rings. The van der Waals surface area contributed by atoms with Crippen molar-refractivity contribution >= 4 is 11.6 Å². The lowest BCUT2D eigenvalue weighted by Crippen LogP contribution is -2.19. The summed E-state index contributed by atoms with van der Waals surface area (Å²) in [5.74, 6) is 1.36. The normalized spacial score (nSPS) is 12.3. The van der Waals surface area contributed by atoms with E-state index >= 15 is 0 Å². The Balaban J connectivity index is 2.99. The molecule has 0 aromatic heterocycles. The van der Waals surface area contributed by atoms with E-state index in [2.05, 4.69) is 19.2 Å². The van der Waals surface area contributed by atoms with Gasteiger partial charge in [-0.25, -0.2) is 0 Å². The minimum absolute atomic E-state index is 0.197. The molecule has 1 aromatic carbocycles. The molecule has 0 bridgehead atoms. The first-order valence-corrected chi connectivity index (χ1v) is 6.16. The number of halogens is 1. The fraction of sp³-hybridized carbons (Fsp3) is 0.538. The molecule has 0 spiro atoms. The molecule has 0 aliphatic heterocycles. The van der Waals surface area contributed by atoms with Crippen LogP contribution < -0.4 is 14.8 Å². The van der Waals surface area contributed by atoms with Gasteiger partial charge in [-0.15, -0.1) is 0 Å². The van der Waals surface area contributed by atoms with Gasteiger partial charge >= 0.3 is 0 Å². The van der Waals surface area contributed by atoms with Gasteiger partial charge < -0.3 is 14.8 Å². The molecule has 0 radical (unpaired) electrons. The molecule has 3 nitrogen and oxygen atoms in total. The van der Waals surface area contributed by atoms with Gasteiger partial charge in [-0.2, -0.15) is 0 Å². The van der Waals surface area contributed by atoms with E-state index in [9.17, 15) is 0 Å². The largest absolute Gasteiger partial charge is 0.493 e. The summed E-state index contributed by atoms with van der Waals surface area (Å²) < 4.78 is 10.5. The average molecular weight is 258 g/mol. The zero-order valence-electron chi connectivity index (χ0n) is 10.8. The molecular formula is C13H20ClNO2. The van der Waals surface area contributed by atoms with Crippen LogP contribution >= 0.6 is 11.6 Å². The fourth-order valence-corrected chi connectivity index (χ4v) is 1.99. The van der Waals surface area contributed by atoms with E-state index in [0.29, 0.717) is 16.5 Å². The molecule has 1 aromatic rings. The molecular weight excluding hydrogens is 238 g/mol. The predicted molar refractivity (Wildman–Crippen MR) is 71.3 cm³/mol. The summed E-state index contributed by atoms with van der Waals surface area (Å²) in [6, 6.07) is 3.91. The Kier molecular flexibility index (Phi) is 5.59. The molecule has 0 saturated heterocycles. The van der Waals surface area contributed by atoms with Crippen molar-refractivity contribution < 1.29 is 9.47 Å². The minimum Gasteiger partial charge on any atom is -0.493 e. The van der Waals surface area contributed by atoms with Crippen LogP contribution in [0.2, 0.25) is 5.02 Å². The summed E-state index contributed by atoms with van der Waals surface area (Å²) in [4.78, 5) is 0. The van der Waals surface area contributed by atoms with E-state index in [-0.39, 0.29) is 6.04 Å². The second-order valence-electron chi connectivity index (χ2n) is 3.90. The number of nitrogens with one attached hydrogen (secondary N) is 1. The maximum atomic E-state index is 6.24. The first-order chi connectivity index (χ1) is 8.13. The molecule has 1 N–H and O–H groups in total. The van der Waals surface area contributed by atoms with Gasteiger partial charge in [-0.3, -0.25) is 0 Å². The Hall–Kier alpha value is -0.930. The Labute approximate surface area is 108 Å². The van der Waals surface area contributed by atoms with Crippen LogP contribution in [-0.4, -0.2) is 20.8 Å². The van der Waals surface area contributed by atoms with Crippen LogP contribution in [0.15, 0.2) is 12.1 Å². The van der Waals surface area contributed by atoms with E-state index < -0.39 is 0 Å². The number of hydrogen-bond acceptors (Lipinski definition) is 3. The molecule has 0 heterocycles. The van der Waals surface area contributed by atoms with Gasteiger partial charge in [0.1, 0.15) is 0 Å². The van der Waals surface area contributed by atoms with Crippen molar-refractivity contribution in [3.8, 4) is 11.5 Å². The van der Waals surface area contributed by atoms with Gasteiger partial charge in [0.2, 0.25) is 0 Å². The van der Waals surface area contributed by atoms with Crippen LogP contribution in [0.1, 0.15) is 31.9 Å². The zero-order chi connectivity index (χ0) is 12.8. The van der Waals surface area contributed by atoms with Crippen LogP contribution in [0.25, 0.3) is 0 Å². The fourth-order valence-electron chi connectivity index (χ4n) is 1.67. The molecule has 17 heavy (non-hydrogen) atoms. The van der Waals surface area contributed by atoms with Crippen LogP contribution in [0, 0.1) is 0 Å². The summed E-state index contributed by atoms with van der Waals surface area (Å²) in [5.41, 5.74) is 1.03. The van der Waals surface area contributed by atoms with Crippen LogP contribution in [-0.2, 0) is 0 Å². The minimum atomic E-state index is 0.197. The second-order valence-corrected chi connectivity index (χ2v) is 4.31. The van der Waals surface area contributed by atoms with Gasteiger partial charge in [0.25, 0.3) is 0 Å². The Bertz CT molecular complexity index is 369. The van der Waals surface area contributed by atoms with Gasteiger partial charge in [0, 0.05) is 17.1 Å². The number of rotatable bonds is 6. The molecule has 0 aliphatic carbocycles. The standard InChI is InChI=1S/C13H20ClNO2/c1-5-6-15-9(2)10-7-12(16-3)13(17-4)8-11(10)14/h7-9,15H,5-6H2,1-4H3. The summed E-state index contributed by atoms with van der Waals surface area (Å²) >= 11 is 6.24. The van der Waals surface area contributed by atoms with E-state index in [0.717, 1.165) is 18.5 Å². The third kappa shape index (κ3) is 3.51. The Morgan fingerprint density at radius 1 is 1.24 bits per heavy atom. The molecule has 96 valence electrons. The highest BCUT2D eigenvalue weighted by Gasteiger charge is 2.14. The summed E-state index contributed by atoms with van der Waals surface area (Å²) in [6.07, 6.45) is 1.09. The number of methoxy groups -OCH3 is 2. The quantitative estimate of drug-likeness (QED) is 0.847. The van der Waals surface area contributed by atoms with Crippen molar-refractivity contribution in [1.29, 1.82) is 0 Å². The summed E-state index contributed by atoms with van der Waals surface area (Å²) in [5, 5.41) is 4.09. The number of benzene rings is 1. The predicted octanol–water partition coefficient (Wildman–Crippen LogP) is 3.42. The maximum absolute atomic E-state index is 6.24. The van der Waals surface area contributed by atoms with Crippen molar-refractivity contribution in [3.63, 3.8) is 0 Å². The van der Waals surface area contributed by atoms with Crippen molar-refractivity contribution in [2.75, 3.05) is 20.8 Å². The van der Waals surface area contributed by atoms with Crippen LogP contribution in [0.3, 0.4) is 0 Å². The topological polar surface area (TPSA) is 30.5 Å². The molecule has 1 unspecified atom stereocenters. The van der Waals surface area contributed by atoms with E-state index in [1.54, 1.807) is 20.3 Å². The maximum Gasteiger partial charge on any atom is 0.162 e. The zero-order valence-corrected chi connectivity index (χ0v) is 11.6. The van der Waals surface area contributed by atoms with E-state index in [1.165, 1.54) is 0 Å². The summed E-state index contributed by atoms with van der Waals surface area (Å²) in [7, 11) is 3.23. The smallest absolute Gasteiger partial charge is 0.162 e. The van der Waals surface area contributed by atoms with Gasteiger partial charge in [-0.1, -0.05) is 18.5 Å². The van der Waals surface area contributed by atoms with Gasteiger partial charge in [0.15, 0.2) is 11.5 Å². The first-order valence-electron chi connectivity index (χ1n) is 5.78. The lowest BCUT2D eigenvalue weighted by Gasteiger charge is -2.17. The molecule has 1 rings (SSSR count). The lowest BCUT2D eigenvalue weighted by molar-refractivity contribution is 0.354. The van der Waals surface area contributed by atoms with Crippen molar-refractivity contribution in [3.05, 3.63) is 22.7 Å². The van der Waals surface area contributed by atoms with E-state index in [4.69, 9.17) is 21.1 Å². The number of ether oxygens (including phenoxy) is 2. The third-order valence-electron chi connectivity index (χ3n) is 2.67. The third-order valence-corrected chi connectivity index (χ3v) is 3.00. The second kappa shape index (κ2) is 6.72. The Morgan fingerprint density at radius 2 is 1.82 bits per heavy atom. The van der Waals surface area contributed by atoms with Crippen LogP contribution in [0.4, 0.5) is 0 Å². The van der Waals surface area contributed by atoms with Gasteiger partial charge in [-0.05, 0) is 31.5 Å². The highest BCUT2D eigenvalue weighted by Crippen LogP contribution is 2.35. The molecule has 0 saturated carbocycles. The molecule has 0 aliphatic rings. The molecule has 0 amide bonds. The van der Waals surface area contributed by atoms with Crippen molar-refractivity contribution in [2.24, 2.45) is 0 Å².